The van der Waals surface area contributed by atoms with Crippen molar-refractivity contribution in [3.63, 3.8) is 0 Å². The second-order valence-electron chi connectivity index (χ2n) is 5.26. The van der Waals surface area contributed by atoms with E-state index in [2.05, 4.69) is 10.8 Å². The highest BCUT2D eigenvalue weighted by Crippen LogP contribution is 2.19. The number of urea groups is 1. The molecule has 0 aliphatic carbocycles. The fourth-order valence-corrected chi connectivity index (χ4v) is 2.06. The summed E-state index contributed by atoms with van der Waals surface area (Å²) < 4.78 is 26.1. The second kappa shape index (κ2) is 8.37. The Kier molecular flexibility index (Phi) is 6.22. The van der Waals surface area contributed by atoms with Gasteiger partial charge in [-0.15, -0.1) is 0 Å². The summed E-state index contributed by atoms with van der Waals surface area (Å²) in [5.41, 5.74) is 3.23. The first kappa shape index (κ1) is 17.8. The van der Waals surface area contributed by atoms with Gasteiger partial charge in [-0.25, -0.2) is 19.1 Å². The highest BCUT2D eigenvalue weighted by molar-refractivity contribution is 5.73. The van der Waals surface area contributed by atoms with Crippen LogP contribution in [0.15, 0.2) is 48.5 Å². The molecule has 0 heterocycles. The van der Waals surface area contributed by atoms with Crippen LogP contribution in [-0.2, 0) is 11.4 Å². The van der Waals surface area contributed by atoms with Crippen LogP contribution >= 0.6 is 0 Å². The van der Waals surface area contributed by atoms with Gasteiger partial charge >= 0.3 is 6.03 Å². The Morgan fingerprint density at radius 2 is 1.88 bits per heavy atom. The molecule has 24 heavy (non-hydrogen) atoms. The van der Waals surface area contributed by atoms with Crippen LogP contribution in [0.25, 0.3) is 0 Å². The third kappa shape index (κ3) is 5.00. The molecule has 0 fully saturated rings. The number of aliphatic hydroxyl groups is 1. The largest absolute Gasteiger partial charge is 0.386 e. The molecule has 0 radical (unpaired) electrons. The van der Waals surface area contributed by atoms with E-state index in [0.717, 1.165) is 17.7 Å². The van der Waals surface area contributed by atoms with Gasteiger partial charge in [-0.05, 0) is 30.2 Å². The summed E-state index contributed by atoms with van der Waals surface area (Å²) in [7, 11) is 0. The molecule has 2 rings (SSSR count). The molecule has 0 aliphatic heterocycles. The van der Waals surface area contributed by atoms with Gasteiger partial charge in [0.2, 0.25) is 0 Å². The van der Waals surface area contributed by atoms with E-state index in [0.29, 0.717) is 0 Å². The monoisotopic (exact) mass is 336 g/mol. The third-order valence-corrected chi connectivity index (χ3v) is 3.36. The van der Waals surface area contributed by atoms with Gasteiger partial charge in [0.1, 0.15) is 0 Å². The third-order valence-electron chi connectivity index (χ3n) is 3.36. The summed E-state index contributed by atoms with van der Waals surface area (Å²) >= 11 is 0. The zero-order chi connectivity index (χ0) is 17.5. The van der Waals surface area contributed by atoms with Crippen molar-refractivity contribution in [1.29, 1.82) is 0 Å². The van der Waals surface area contributed by atoms with E-state index in [-0.39, 0.29) is 12.2 Å². The fourth-order valence-electron chi connectivity index (χ4n) is 2.06. The maximum absolute atomic E-state index is 13.2. The van der Waals surface area contributed by atoms with Crippen LogP contribution < -0.4 is 10.8 Å². The lowest BCUT2D eigenvalue weighted by atomic mass is 10.0. The SMILES string of the molecule is CC(NC(=O)NOCc1ccccc1)C(O)c1ccc(F)c(F)c1. The van der Waals surface area contributed by atoms with E-state index in [9.17, 15) is 18.7 Å². The van der Waals surface area contributed by atoms with Crippen molar-refractivity contribution in [2.24, 2.45) is 0 Å². The molecule has 2 aromatic carbocycles. The average molecular weight is 336 g/mol. The lowest BCUT2D eigenvalue weighted by Crippen LogP contribution is -2.43. The van der Waals surface area contributed by atoms with E-state index < -0.39 is 29.8 Å². The molecule has 0 saturated carbocycles. The van der Waals surface area contributed by atoms with Crippen LogP contribution in [0.1, 0.15) is 24.2 Å². The first-order valence-electron chi connectivity index (χ1n) is 7.32. The van der Waals surface area contributed by atoms with Crippen molar-refractivity contribution in [3.05, 3.63) is 71.3 Å². The number of hydrogen-bond donors (Lipinski definition) is 3. The Balaban J connectivity index is 1.81. The Morgan fingerprint density at radius 1 is 1.17 bits per heavy atom. The molecular weight excluding hydrogens is 318 g/mol. The summed E-state index contributed by atoms with van der Waals surface area (Å²) in [6.07, 6.45) is -1.19. The first-order valence-corrected chi connectivity index (χ1v) is 7.32. The number of aliphatic hydroxyl groups excluding tert-OH is 1. The number of carbonyl (C=O) groups is 1. The van der Waals surface area contributed by atoms with Crippen LogP contribution in [0.2, 0.25) is 0 Å². The number of amides is 2. The summed E-state index contributed by atoms with van der Waals surface area (Å²) in [6, 6.07) is 10.9. The van der Waals surface area contributed by atoms with Gasteiger partial charge in [-0.3, -0.25) is 4.84 Å². The van der Waals surface area contributed by atoms with Crippen LogP contribution in [0, 0.1) is 11.6 Å². The van der Waals surface area contributed by atoms with Gasteiger partial charge in [0, 0.05) is 0 Å². The Hall–Kier alpha value is -2.51. The smallest absolute Gasteiger partial charge is 0.339 e. The van der Waals surface area contributed by atoms with Gasteiger partial charge in [0.25, 0.3) is 0 Å². The molecule has 0 bridgehead atoms. The maximum atomic E-state index is 13.2. The van der Waals surface area contributed by atoms with Crippen molar-refractivity contribution < 1.29 is 23.5 Å². The van der Waals surface area contributed by atoms with E-state index in [1.165, 1.54) is 13.0 Å². The molecule has 128 valence electrons. The minimum Gasteiger partial charge on any atom is -0.386 e. The molecule has 0 saturated heterocycles. The van der Waals surface area contributed by atoms with Crippen LogP contribution in [0.4, 0.5) is 13.6 Å². The second-order valence-corrected chi connectivity index (χ2v) is 5.26. The lowest BCUT2D eigenvalue weighted by Gasteiger charge is -2.20. The highest BCUT2D eigenvalue weighted by atomic mass is 19.2. The van der Waals surface area contributed by atoms with Crippen molar-refractivity contribution in [1.82, 2.24) is 10.8 Å². The summed E-state index contributed by atoms with van der Waals surface area (Å²) in [4.78, 5) is 16.8. The molecule has 7 heteroatoms. The fraction of sp³-hybridized carbons (Fsp3) is 0.235. The molecule has 5 nitrogen and oxygen atoms in total. The topological polar surface area (TPSA) is 70.6 Å². The molecule has 2 unspecified atom stereocenters. The number of carbonyl (C=O) groups excluding carboxylic acids is 1. The summed E-state index contributed by atoms with van der Waals surface area (Å²) in [5, 5.41) is 12.5. The van der Waals surface area contributed by atoms with E-state index >= 15 is 0 Å². The number of hydrogen-bond acceptors (Lipinski definition) is 3. The Bertz CT molecular complexity index is 683. The summed E-state index contributed by atoms with van der Waals surface area (Å²) in [6.45, 7) is 1.72. The molecule has 2 atom stereocenters. The predicted molar refractivity (Wildman–Crippen MR) is 83.7 cm³/mol. The van der Waals surface area contributed by atoms with Gasteiger partial charge in [0.15, 0.2) is 11.6 Å². The molecular formula is C17H18F2N2O3. The van der Waals surface area contributed by atoms with Crippen molar-refractivity contribution in [3.8, 4) is 0 Å². The zero-order valence-electron chi connectivity index (χ0n) is 13.0. The minimum atomic E-state index is -1.19. The van der Waals surface area contributed by atoms with Crippen molar-refractivity contribution in [2.75, 3.05) is 0 Å². The van der Waals surface area contributed by atoms with E-state index in [1.807, 2.05) is 30.3 Å². The molecule has 0 aliphatic rings. The van der Waals surface area contributed by atoms with Gasteiger partial charge < -0.3 is 10.4 Å². The number of benzene rings is 2. The minimum absolute atomic E-state index is 0.159. The van der Waals surface area contributed by atoms with Gasteiger partial charge in [-0.1, -0.05) is 36.4 Å². The number of nitrogens with one attached hydrogen (secondary N) is 2. The van der Waals surface area contributed by atoms with E-state index in [4.69, 9.17) is 4.84 Å². The number of rotatable bonds is 6. The van der Waals surface area contributed by atoms with Gasteiger partial charge in [0.05, 0.1) is 18.8 Å². The van der Waals surface area contributed by atoms with Crippen molar-refractivity contribution >= 4 is 6.03 Å². The normalized spacial score (nSPS) is 13.2. The predicted octanol–water partition coefficient (Wildman–Crippen LogP) is 2.82. The Morgan fingerprint density at radius 3 is 2.54 bits per heavy atom. The van der Waals surface area contributed by atoms with Crippen molar-refractivity contribution in [2.45, 2.75) is 25.7 Å². The molecule has 2 aromatic rings. The number of halogens is 2. The molecule has 0 spiro atoms. The van der Waals surface area contributed by atoms with E-state index in [1.54, 1.807) is 0 Å². The molecule has 3 N–H and O–H groups in total. The molecule has 2 amide bonds. The summed E-state index contributed by atoms with van der Waals surface area (Å²) in [5.74, 6) is -2.06. The Labute approximate surface area is 138 Å². The first-order chi connectivity index (χ1) is 11.5. The standard InChI is InChI=1S/C17H18F2N2O3/c1-11(16(22)13-7-8-14(18)15(19)9-13)20-17(23)21-24-10-12-5-3-2-4-6-12/h2-9,11,16,22H,10H2,1H3,(H2,20,21,23). The van der Waals surface area contributed by atoms with Gasteiger partial charge in [-0.2, -0.15) is 0 Å². The highest BCUT2D eigenvalue weighted by Gasteiger charge is 2.19. The molecule has 0 aromatic heterocycles. The quantitative estimate of drug-likeness (QED) is 0.711. The maximum Gasteiger partial charge on any atom is 0.339 e. The van der Waals surface area contributed by atoms with Crippen LogP contribution in [0.3, 0.4) is 0 Å². The lowest BCUT2D eigenvalue weighted by molar-refractivity contribution is 0.0452. The average Bonchev–Trinajstić information content (AvgIpc) is 2.57. The zero-order valence-corrected chi connectivity index (χ0v) is 13.0. The van der Waals surface area contributed by atoms with Crippen LogP contribution in [-0.4, -0.2) is 17.2 Å². The van der Waals surface area contributed by atoms with Crippen LogP contribution in [0.5, 0.6) is 0 Å². The number of hydroxylamine groups is 1.